The van der Waals surface area contributed by atoms with Crippen molar-refractivity contribution in [3.63, 3.8) is 0 Å². The lowest BCUT2D eigenvalue weighted by Crippen LogP contribution is -1.99. The van der Waals surface area contributed by atoms with Crippen molar-refractivity contribution in [2.24, 2.45) is 0 Å². The molecule has 76 valence electrons. The van der Waals surface area contributed by atoms with Crippen LogP contribution in [0.4, 0.5) is 0 Å². The van der Waals surface area contributed by atoms with Gasteiger partial charge in [0.05, 0.1) is 0 Å². The zero-order valence-electron chi connectivity index (χ0n) is 8.10. The molecule has 0 spiro atoms. The summed E-state index contributed by atoms with van der Waals surface area (Å²) < 4.78 is 0. The van der Waals surface area contributed by atoms with Crippen molar-refractivity contribution in [1.29, 1.82) is 0 Å². The molecule has 1 aromatic carbocycles. The van der Waals surface area contributed by atoms with E-state index in [2.05, 4.69) is 17.6 Å². The molecule has 1 N–H and O–H groups in total. The van der Waals surface area contributed by atoms with E-state index in [1.807, 2.05) is 30.4 Å². The number of H-pyrrole nitrogens is 1. The first-order chi connectivity index (χ1) is 7.31. The molecule has 0 atom stereocenters. The smallest absolute Gasteiger partial charge is 0.189 e. The van der Waals surface area contributed by atoms with Crippen LogP contribution in [-0.4, -0.2) is 10.7 Å². The van der Waals surface area contributed by atoms with E-state index in [0.717, 1.165) is 16.5 Å². The van der Waals surface area contributed by atoms with Crippen LogP contribution in [0.2, 0.25) is 0 Å². The molecular formula is C12H11NOS. The van der Waals surface area contributed by atoms with E-state index >= 15 is 0 Å². The Hall–Kier alpha value is -1.48. The summed E-state index contributed by atoms with van der Waals surface area (Å²) in [6.45, 7) is 0. The average Bonchev–Trinajstić information content (AvgIpc) is 2.27. The van der Waals surface area contributed by atoms with Gasteiger partial charge in [-0.3, -0.25) is 4.79 Å². The topological polar surface area (TPSA) is 32.9 Å². The van der Waals surface area contributed by atoms with Crippen LogP contribution < -0.4 is 5.43 Å². The van der Waals surface area contributed by atoms with Gasteiger partial charge in [0.2, 0.25) is 0 Å². The largest absolute Gasteiger partial charge is 0.361 e. The number of fused-ring (bicyclic) bond motifs is 1. The summed E-state index contributed by atoms with van der Waals surface area (Å²) in [5, 5.41) is 0.721. The Kier molecular flexibility index (Phi) is 2.92. The van der Waals surface area contributed by atoms with Crippen molar-refractivity contribution in [3.8, 4) is 0 Å². The third kappa shape index (κ3) is 2.13. The molecular weight excluding hydrogens is 206 g/mol. The molecule has 0 fully saturated rings. The maximum atomic E-state index is 11.5. The quantitative estimate of drug-likeness (QED) is 0.744. The fraction of sp³-hybridized carbons (Fsp3) is 0.0833. The van der Waals surface area contributed by atoms with E-state index in [1.54, 1.807) is 6.20 Å². The van der Waals surface area contributed by atoms with Gasteiger partial charge in [-0.25, -0.2) is 0 Å². The number of aromatic nitrogens is 1. The molecule has 2 rings (SSSR count). The van der Waals surface area contributed by atoms with Crippen LogP contribution >= 0.6 is 12.6 Å². The van der Waals surface area contributed by atoms with Crippen molar-refractivity contribution in [2.75, 3.05) is 5.75 Å². The highest BCUT2D eigenvalue weighted by Gasteiger charge is 1.97. The van der Waals surface area contributed by atoms with E-state index < -0.39 is 0 Å². The molecule has 2 nitrogen and oxygen atoms in total. The Balaban J connectivity index is 2.60. The molecule has 0 bridgehead atoms. The monoisotopic (exact) mass is 217 g/mol. The number of rotatable bonds is 2. The minimum atomic E-state index is 0.0462. The van der Waals surface area contributed by atoms with E-state index in [0.29, 0.717) is 5.75 Å². The van der Waals surface area contributed by atoms with E-state index in [-0.39, 0.29) is 5.43 Å². The van der Waals surface area contributed by atoms with Crippen LogP contribution in [0, 0.1) is 0 Å². The number of thiol groups is 1. The zero-order chi connectivity index (χ0) is 10.7. The highest BCUT2D eigenvalue weighted by Crippen LogP contribution is 2.11. The molecule has 0 saturated carbocycles. The predicted molar refractivity (Wildman–Crippen MR) is 67.5 cm³/mol. The summed E-state index contributed by atoms with van der Waals surface area (Å²) >= 11 is 4.09. The lowest BCUT2D eigenvalue weighted by Gasteiger charge is -1.98. The first-order valence-electron chi connectivity index (χ1n) is 4.70. The second-order valence-corrected chi connectivity index (χ2v) is 3.60. The minimum Gasteiger partial charge on any atom is -0.361 e. The van der Waals surface area contributed by atoms with E-state index in [4.69, 9.17) is 0 Å². The molecule has 0 aliphatic rings. The summed E-state index contributed by atoms with van der Waals surface area (Å²) in [5.41, 5.74) is 1.93. The molecule has 0 aliphatic carbocycles. The van der Waals surface area contributed by atoms with Crippen molar-refractivity contribution in [3.05, 3.63) is 52.3 Å². The Morgan fingerprint density at radius 2 is 2.20 bits per heavy atom. The lowest BCUT2D eigenvalue weighted by molar-refractivity contribution is 1.39. The van der Waals surface area contributed by atoms with Crippen LogP contribution in [0.1, 0.15) is 5.56 Å². The molecule has 1 heterocycles. The number of aromatic amines is 1. The fourth-order valence-corrected chi connectivity index (χ4v) is 1.59. The second-order valence-electron chi connectivity index (χ2n) is 3.23. The van der Waals surface area contributed by atoms with E-state index in [1.165, 1.54) is 6.07 Å². The fourth-order valence-electron chi connectivity index (χ4n) is 1.48. The summed E-state index contributed by atoms with van der Waals surface area (Å²) in [7, 11) is 0. The molecule has 0 amide bonds. The second kappa shape index (κ2) is 4.36. The van der Waals surface area contributed by atoms with Gasteiger partial charge >= 0.3 is 0 Å². The molecule has 15 heavy (non-hydrogen) atoms. The van der Waals surface area contributed by atoms with Crippen molar-refractivity contribution < 1.29 is 0 Å². The minimum absolute atomic E-state index is 0.0462. The van der Waals surface area contributed by atoms with Gasteiger partial charge in [0, 0.05) is 28.9 Å². The lowest BCUT2D eigenvalue weighted by atomic mass is 10.1. The third-order valence-electron chi connectivity index (χ3n) is 2.20. The van der Waals surface area contributed by atoms with Gasteiger partial charge in [0.1, 0.15) is 0 Å². The Labute approximate surface area is 93.1 Å². The Morgan fingerprint density at radius 3 is 3.00 bits per heavy atom. The number of hydrogen-bond acceptors (Lipinski definition) is 2. The summed E-state index contributed by atoms with van der Waals surface area (Å²) in [4.78, 5) is 14.6. The summed E-state index contributed by atoms with van der Waals surface area (Å²) in [6, 6.07) is 7.30. The average molecular weight is 217 g/mol. The Morgan fingerprint density at radius 1 is 1.33 bits per heavy atom. The highest BCUT2D eigenvalue weighted by molar-refractivity contribution is 7.80. The molecule has 0 aliphatic heterocycles. The summed E-state index contributed by atoms with van der Waals surface area (Å²) in [6.07, 6.45) is 5.56. The van der Waals surface area contributed by atoms with Gasteiger partial charge in [-0.2, -0.15) is 12.6 Å². The van der Waals surface area contributed by atoms with Crippen LogP contribution in [0.3, 0.4) is 0 Å². The van der Waals surface area contributed by atoms with Gasteiger partial charge in [-0.1, -0.05) is 18.2 Å². The number of hydrogen-bond donors (Lipinski definition) is 2. The van der Waals surface area contributed by atoms with Gasteiger partial charge in [0.25, 0.3) is 0 Å². The van der Waals surface area contributed by atoms with Crippen molar-refractivity contribution in [2.45, 2.75) is 0 Å². The SMILES string of the molecule is O=c1cc[nH]c2ccc(C=CCS)cc12. The number of benzene rings is 1. The Bertz CT molecular complexity index is 557. The molecule has 0 saturated heterocycles. The number of nitrogens with one attached hydrogen (secondary N) is 1. The van der Waals surface area contributed by atoms with E-state index in [9.17, 15) is 4.79 Å². The summed E-state index contributed by atoms with van der Waals surface area (Å²) in [5.74, 6) is 0.698. The first-order valence-corrected chi connectivity index (χ1v) is 5.33. The van der Waals surface area contributed by atoms with Crippen LogP contribution in [-0.2, 0) is 0 Å². The maximum absolute atomic E-state index is 11.5. The molecule has 0 radical (unpaired) electrons. The van der Waals surface area contributed by atoms with Crippen molar-refractivity contribution in [1.82, 2.24) is 4.98 Å². The highest BCUT2D eigenvalue weighted by atomic mass is 32.1. The van der Waals surface area contributed by atoms with Crippen LogP contribution in [0.15, 0.2) is 41.3 Å². The first kappa shape index (κ1) is 10.1. The molecule has 3 heteroatoms. The maximum Gasteiger partial charge on any atom is 0.189 e. The third-order valence-corrected chi connectivity index (χ3v) is 2.41. The van der Waals surface area contributed by atoms with Gasteiger partial charge in [-0.15, -0.1) is 0 Å². The van der Waals surface area contributed by atoms with Crippen LogP contribution in [0.5, 0.6) is 0 Å². The van der Waals surface area contributed by atoms with Gasteiger partial charge in [0.15, 0.2) is 5.43 Å². The molecule has 1 aromatic heterocycles. The van der Waals surface area contributed by atoms with Crippen LogP contribution in [0.25, 0.3) is 17.0 Å². The predicted octanol–water partition coefficient (Wildman–Crippen LogP) is 2.47. The standard InChI is InChI=1S/C12H11NOS/c14-12-5-6-13-11-4-3-9(2-1-7-15)8-10(11)12/h1-6,8,15H,7H2,(H,13,14). The van der Waals surface area contributed by atoms with Gasteiger partial charge < -0.3 is 4.98 Å². The number of pyridine rings is 1. The molecule has 0 unspecified atom stereocenters. The van der Waals surface area contributed by atoms with Gasteiger partial charge in [-0.05, 0) is 17.7 Å². The zero-order valence-corrected chi connectivity index (χ0v) is 9.00. The normalized spacial score (nSPS) is 11.3. The molecule has 2 aromatic rings. The van der Waals surface area contributed by atoms with Crippen molar-refractivity contribution >= 4 is 29.6 Å².